The van der Waals surface area contributed by atoms with Crippen molar-refractivity contribution in [2.75, 3.05) is 26.2 Å². The number of rotatable bonds is 2. The summed E-state index contributed by atoms with van der Waals surface area (Å²) < 4.78 is 0. The molecular weight excluding hydrogens is 248 g/mol. The number of carbonyl (C=O) groups excluding carboxylic acids is 1. The summed E-state index contributed by atoms with van der Waals surface area (Å²) in [7, 11) is 0. The number of hydrogen-bond acceptors (Lipinski definition) is 2. The smallest absolute Gasteiger partial charge is 0.222 e. The number of likely N-dealkylation sites (tertiary alicyclic amines) is 1. The molecule has 1 spiro atoms. The summed E-state index contributed by atoms with van der Waals surface area (Å²) in [6.07, 6.45) is 12.6. The van der Waals surface area contributed by atoms with Gasteiger partial charge in [-0.1, -0.05) is 25.7 Å². The molecule has 1 aliphatic carbocycles. The first-order chi connectivity index (χ1) is 9.77. The monoisotopic (exact) mass is 278 g/mol. The SMILES string of the molecule is O=C(CC1CCCCCC1)N1CCC2(CCNC2)CC1. The summed E-state index contributed by atoms with van der Waals surface area (Å²) >= 11 is 0. The van der Waals surface area contributed by atoms with Crippen LogP contribution in [0.1, 0.15) is 64.2 Å². The molecule has 3 aliphatic rings. The van der Waals surface area contributed by atoms with Gasteiger partial charge >= 0.3 is 0 Å². The number of carbonyl (C=O) groups is 1. The van der Waals surface area contributed by atoms with Crippen LogP contribution in [0, 0.1) is 11.3 Å². The summed E-state index contributed by atoms with van der Waals surface area (Å²) in [5, 5.41) is 3.50. The minimum Gasteiger partial charge on any atom is -0.343 e. The van der Waals surface area contributed by atoms with E-state index in [9.17, 15) is 4.79 Å². The lowest BCUT2D eigenvalue weighted by Gasteiger charge is -2.39. The zero-order valence-corrected chi connectivity index (χ0v) is 12.8. The summed E-state index contributed by atoms with van der Waals surface area (Å²) in [5.74, 6) is 1.12. The lowest BCUT2D eigenvalue weighted by atomic mass is 9.77. The average Bonchev–Trinajstić information content (AvgIpc) is 2.75. The predicted molar refractivity (Wildman–Crippen MR) is 81.5 cm³/mol. The highest BCUT2D eigenvalue weighted by atomic mass is 16.2. The molecule has 2 saturated heterocycles. The van der Waals surface area contributed by atoms with Crippen LogP contribution in [0.25, 0.3) is 0 Å². The molecule has 0 aromatic rings. The number of nitrogens with one attached hydrogen (secondary N) is 1. The fourth-order valence-electron chi connectivity index (χ4n) is 4.40. The molecule has 3 fully saturated rings. The van der Waals surface area contributed by atoms with E-state index < -0.39 is 0 Å². The van der Waals surface area contributed by atoms with Crippen molar-refractivity contribution in [3.8, 4) is 0 Å². The third-order valence-corrected chi connectivity index (χ3v) is 5.95. The molecule has 3 nitrogen and oxygen atoms in total. The molecule has 2 aliphatic heterocycles. The van der Waals surface area contributed by atoms with Gasteiger partial charge in [-0.15, -0.1) is 0 Å². The average molecular weight is 278 g/mol. The Bertz CT molecular complexity index is 318. The topological polar surface area (TPSA) is 32.3 Å². The van der Waals surface area contributed by atoms with Gasteiger partial charge in [0.25, 0.3) is 0 Å². The third-order valence-electron chi connectivity index (χ3n) is 5.95. The van der Waals surface area contributed by atoms with Crippen LogP contribution in [-0.4, -0.2) is 37.0 Å². The van der Waals surface area contributed by atoms with E-state index in [1.165, 1.54) is 70.9 Å². The van der Waals surface area contributed by atoms with E-state index in [1.807, 2.05) is 0 Å². The molecular formula is C17H30N2O. The standard InChI is InChI=1S/C17H30N2O/c20-16(13-15-5-3-1-2-4-6-15)19-11-8-17(9-12-19)7-10-18-14-17/h15,18H,1-14H2. The van der Waals surface area contributed by atoms with Gasteiger partial charge in [0.1, 0.15) is 0 Å². The number of nitrogens with zero attached hydrogens (tertiary/aromatic N) is 1. The van der Waals surface area contributed by atoms with Crippen molar-refractivity contribution in [2.24, 2.45) is 11.3 Å². The summed E-state index contributed by atoms with van der Waals surface area (Å²) in [6, 6.07) is 0. The Morgan fingerprint density at radius 1 is 1.05 bits per heavy atom. The molecule has 20 heavy (non-hydrogen) atoms. The van der Waals surface area contributed by atoms with Crippen LogP contribution in [0.5, 0.6) is 0 Å². The van der Waals surface area contributed by atoms with Gasteiger partial charge in [0, 0.05) is 26.1 Å². The Balaban J connectivity index is 1.46. The van der Waals surface area contributed by atoms with E-state index in [2.05, 4.69) is 10.2 Å². The molecule has 0 aromatic carbocycles. The number of piperidine rings is 1. The van der Waals surface area contributed by atoms with Gasteiger partial charge in [-0.2, -0.15) is 0 Å². The number of amides is 1. The molecule has 0 atom stereocenters. The van der Waals surface area contributed by atoms with Crippen molar-refractivity contribution in [1.82, 2.24) is 10.2 Å². The lowest BCUT2D eigenvalue weighted by Crippen LogP contribution is -2.44. The molecule has 2 heterocycles. The molecule has 0 aromatic heterocycles. The van der Waals surface area contributed by atoms with Crippen molar-refractivity contribution >= 4 is 5.91 Å². The molecule has 0 radical (unpaired) electrons. The van der Waals surface area contributed by atoms with Gasteiger partial charge in [-0.05, 0) is 50.0 Å². The molecule has 1 amide bonds. The molecule has 0 unspecified atom stereocenters. The quantitative estimate of drug-likeness (QED) is 0.788. The van der Waals surface area contributed by atoms with Gasteiger partial charge < -0.3 is 10.2 Å². The lowest BCUT2D eigenvalue weighted by molar-refractivity contribution is -0.134. The maximum Gasteiger partial charge on any atom is 0.222 e. The normalized spacial score (nSPS) is 27.7. The Morgan fingerprint density at radius 3 is 2.35 bits per heavy atom. The second kappa shape index (κ2) is 6.46. The summed E-state index contributed by atoms with van der Waals surface area (Å²) in [6.45, 7) is 4.37. The first-order valence-corrected chi connectivity index (χ1v) is 8.76. The molecule has 3 heteroatoms. The highest BCUT2D eigenvalue weighted by Gasteiger charge is 2.38. The minimum atomic E-state index is 0.442. The maximum atomic E-state index is 12.5. The Morgan fingerprint density at radius 2 is 1.75 bits per heavy atom. The molecule has 0 bridgehead atoms. The second-order valence-electron chi connectivity index (χ2n) is 7.37. The molecule has 1 N–H and O–H groups in total. The largest absolute Gasteiger partial charge is 0.343 e. The fourth-order valence-corrected chi connectivity index (χ4v) is 4.40. The van der Waals surface area contributed by atoms with Crippen molar-refractivity contribution in [3.05, 3.63) is 0 Å². The highest BCUT2D eigenvalue weighted by molar-refractivity contribution is 5.76. The van der Waals surface area contributed by atoms with Gasteiger partial charge in [0.2, 0.25) is 5.91 Å². The summed E-state index contributed by atoms with van der Waals surface area (Å²) in [4.78, 5) is 14.7. The van der Waals surface area contributed by atoms with E-state index in [0.29, 0.717) is 17.2 Å². The number of hydrogen-bond donors (Lipinski definition) is 1. The second-order valence-corrected chi connectivity index (χ2v) is 7.37. The van der Waals surface area contributed by atoms with Crippen molar-refractivity contribution < 1.29 is 4.79 Å². The van der Waals surface area contributed by atoms with E-state index in [1.54, 1.807) is 0 Å². The van der Waals surface area contributed by atoms with Crippen LogP contribution in [-0.2, 0) is 4.79 Å². The van der Waals surface area contributed by atoms with Crippen LogP contribution in [0.4, 0.5) is 0 Å². The fraction of sp³-hybridized carbons (Fsp3) is 0.941. The van der Waals surface area contributed by atoms with E-state index in [0.717, 1.165) is 19.5 Å². The maximum absolute atomic E-state index is 12.5. The van der Waals surface area contributed by atoms with Crippen molar-refractivity contribution in [2.45, 2.75) is 64.2 Å². The van der Waals surface area contributed by atoms with E-state index in [-0.39, 0.29) is 0 Å². The van der Waals surface area contributed by atoms with Crippen LogP contribution >= 0.6 is 0 Å². The predicted octanol–water partition coefficient (Wildman–Crippen LogP) is 2.95. The van der Waals surface area contributed by atoms with Crippen LogP contribution in [0.2, 0.25) is 0 Å². The first kappa shape index (κ1) is 14.4. The van der Waals surface area contributed by atoms with Crippen LogP contribution in [0.15, 0.2) is 0 Å². The van der Waals surface area contributed by atoms with Gasteiger partial charge in [-0.3, -0.25) is 4.79 Å². The minimum absolute atomic E-state index is 0.442. The first-order valence-electron chi connectivity index (χ1n) is 8.76. The highest BCUT2D eigenvalue weighted by Crippen LogP contribution is 2.37. The molecule has 114 valence electrons. The van der Waals surface area contributed by atoms with Gasteiger partial charge in [-0.25, -0.2) is 0 Å². The van der Waals surface area contributed by atoms with Crippen molar-refractivity contribution in [1.29, 1.82) is 0 Å². The van der Waals surface area contributed by atoms with E-state index in [4.69, 9.17) is 0 Å². The zero-order valence-electron chi connectivity index (χ0n) is 12.8. The van der Waals surface area contributed by atoms with Crippen molar-refractivity contribution in [3.63, 3.8) is 0 Å². The molecule has 3 rings (SSSR count). The Kier molecular flexibility index (Phi) is 4.65. The van der Waals surface area contributed by atoms with Gasteiger partial charge in [0.05, 0.1) is 0 Å². The van der Waals surface area contributed by atoms with Gasteiger partial charge in [0.15, 0.2) is 0 Å². The van der Waals surface area contributed by atoms with Crippen LogP contribution < -0.4 is 5.32 Å². The van der Waals surface area contributed by atoms with E-state index >= 15 is 0 Å². The Labute approximate surface area is 123 Å². The summed E-state index contributed by atoms with van der Waals surface area (Å²) in [5.41, 5.74) is 0.527. The van der Waals surface area contributed by atoms with Crippen LogP contribution in [0.3, 0.4) is 0 Å². The Hall–Kier alpha value is -0.570. The third kappa shape index (κ3) is 3.36. The zero-order chi connectivity index (χ0) is 13.8. The molecule has 1 saturated carbocycles.